The van der Waals surface area contributed by atoms with Crippen LogP contribution in [0.4, 0.5) is 0 Å². The zero-order valence-corrected chi connectivity index (χ0v) is 17.1. The highest BCUT2D eigenvalue weighted by Gasteiger charge is 2.13. The van der Waals surface area contributed by atoms with Gasteiger partial charge in [-0.2, -0.15) is 0 Å². The number of nitrogens with one attached hydrogen (secondary N) is 1. The molecule has 0 aliphatic carbocycles. The molecule has 0 aliphatic rings. The fraction of sp³-hybridized carbons (Fsp3) is 0.227. The van der Waals surface area contributed by atoms with E-state index >= 15 is 0 Å². The van der Waals surface area contributed by atoms with Gasteiger partial charge in [-0.25, -0.2) is 0 Å². The Hall–Kier alpha value is -2.27. The van der Waals surface area contributed by atoms with Crippen LogP contribution in [0.1, 0.15) is 23.7 Å². The summed E-state index contributed by atoms with van der Waals surface area (Å²) in [6.07, 6.45) is 1.78. The Balaban J connectivity index is 1.69. The number of benzene rings is 2. The molecule has 0 saturated heterocycles. The average molecular weight is 417 g/mol. The molecule has 6 heteroatoms. The summed E-state index contributed by atoms with van der Waals surface area (Å²) in [5.74, 6) is 1.15. The first-order valence-corrected chi connectivity index (χ1v) is 9.85. The number of aromatic nitrogens is 1. The van der Waals surface area contributed by atoms with Crippen LogP contribution < -0.4 is 14.8 Å². The van der Waals surface area contributed by atoms with Gasteiger partial charge in [-0.15, -0.1) is 0 Å². The van der Waals surface area contributed by atoms with Crippen LogP contribution in [0.3, 0.4) is 0 Å². The second-order valence-corrected chi connectivity index (χ2v) is 6.96. The Morgan fingerprint density at radius 2 is 1.75 bits per heavy atom. The van der Waals surface area contributed by atoms with Crippen molar-refractivity contribution in [1.29, 1.82) is 0 Å². The van der Waals surface area contributed by atoms with Gasteiger partial charge >= 0.3 is 0 Å². The maximum Gasteiger partial charge on any atom is 0.180 e. The summed E-state index contributed by atoms with van der Waals surface area (Å²) in [6, 6.07) is 17.3. The van der Waals surface area contributed by atoms with Gasteiger partial charge in [0.25, 0.3) is 0 Å². The SMILES string of the molecule is CCOc1cc(CNCc2ccccn2)cc(Cl)c1OCc1ccccc1Cl. The van der Waals surface area contributed by atoms with E-state index in [0.29, 0.717) is 47.8 Å². The maximum absolute atomic E-state index is 6.49. The minimum absolute atomic E-state index is 0.316. The van der Waals surface area contributed by atoms with Gasteiger partial charge in [0.2, 0.25) is 0 Å². The Morgan fingerprint density at radius 3 is 2.50 bits per heavy atom. The van der Waals surface area contributed by atoms with Gasteiger partial charge in [0.1, 0.15) is 6.61 Å². The summed E-state index contributed by atoms with van der Waals surface area (Å²) in [4.78, 5) is 4.30. The molecule has 2 aromatic carbocycles. The Bertz CT molecular complexity index is 904. The number of halogens is 2. The van der Waals surface area contributed by atoms with Crippen LogP contribution in [-0.4, -0.2) is 11.6 Å². The lowest BCUT2D eigenvalue weighted by atomic mass is 10.2. The van der Waals surface area contributed by atoms with Crippen LogP contribution in [0.2, 0.25) is 10.0 Å². The minimum atomic E-state index is 0.316. The van der Waals surface area contributed by atoms with Crippen molar-refractivity contribution in [3.05, 3.63) is 87.7 Å². The molecule has 0 atom stereocenters. The summed E-state index contributed by atoms with van der Waals surface area (Å²) >= 11 is 12.7. The first kappa shape index (κ1) is 20.5. The normalized spacial score (nSPS) is 10.7. The van der Waals surface area contributed by atoms with E-state index in [4.69, 9.17) is 32.7 Å². The van der Waals surface area contributed by atoms with Gasteiger partial charge in [-0.1, -0.05) is 47.5 Å². The molecular weight excluding hydrogens is 395 g/mol. The zero-order chi connectivity index (χ0) is 19.8. The van der Waals surface area contributed by atoms with Crippen molar-refractivity contribution in [2.75, 3.05) is 6.61 Å². The van der Waals surface area contributed by atoms with Gasteiger partial charge in [0, 0.05) is 29.9 Å². The van der Waals surface area contributed by atoms with Crippen molar-refractivity contribution in [3.63, 3.8) is 0 Å². The smallest absolute Gasteiger partial charge is 0.180 e. The molecule has 0 fully saturated rings. The van der Waals surface area contributed by atoms with Crippen molar-refractivity contribution in [2.24, 2.45) is 0 Å². The summed E-state index contributed by atoms with van der Waals surface area (Å²) in [5.41, 5.74) is 2.89. The van der Waals surface area contributed by atoms with Crippen LogP contribution in [0.5, 0.6) is 11.5 Å². The summed E-state index contributed by atoms with van der Waals surface area (Å²) < 4.78 is 11.7. The van der Waals surface area contributed by atoms with Crippen LogP contribution in [0.25, 0.3) is 0 Å². The van der Waals surface area contributed by atoms with E-state index in [9.17, 15) is 0 Å². The first-order valence-electron chi connectivity index (χ1n) is 9.09. The van der Waals surface area contributed by atoms with E-state index < -0.39 is 0 Å². The van der Waals surface area contributed by atoms with E-state index in [-0.39, 0.29) is 0 Å². The van der Waals surface area contributed by atoms with Gasteiger partial charge in [0.15, 0.2) is 11.5 Å². The third kappa shape index (κ3) is 5.61. The van der Waals surface area contributed by atoms with Crippen molar-refractivity contribution >= 4 is 23.2 Å². The molecule has 0 unspecified atom stereocenters. The number of nitrogens with zero attached hydrogens (tertiary/aromatic N) is 1. The molecule has 0 aliphatic heterocycles. The lowest BCUT2D eigenvalue weighted by Gasteiger charge is -2.16. The van der Waals surface area contributed by atoms with E-state index in [1.54, 1.807) is 6.20 Å². The third-order valence-corrected chi connectivity index (χ3v) is 4.71. The van der Waals surface area contributed by atoms with Crippen LogP contribution in [-0.2, 0) is 19.7 Å². The molecule has 0 bridgehead atoms. The average Bonchev–Trinajstić information content (AvgIpc) is 2.70. The summed E-state index contributed by atoms with van der Waals surface area (Å²) in [5, 5.41) is 4.53. The lowest BCUT2D eigenvalue weighted by molar-refractivity contribution is 0.269. The molecule has 1 heterocycles. The van der Waals surface area contributed by atoms with Crippen LogP contribution >= 0.6 is 23.2 Å². The highest BCUT2D eigenvalue weighted by molar-refractivity contribution is 6.32. The predicted molar refractivity (Wildman–Crippen MR) is 113 cm³/mol. The van der Waals surface area contributed by atoms with Gasteiger partial charge < -0.3 is 14.8 Å². The molecule has 0 radical (unpaired) electrons. The van der Waals surface area contributed by atoms with Gasteiger partial charge in [-0.3, -0.25) is 4.98 Å². The molecule has 4 nitrogen and oxygen atoms in total. The zero-order valence-electron chi connectivity index (χ0n) is 15.6. The summed E-state index contributed by atoms with van der Waals surface area (Å²) in [6.45, 7) is 4.08. The molecule has 28 heavy (non-hydrogen) atoms. The van der Waals surface area contributed by atoms with E-state index in [0.717, 1.165) is 16.8 Å². The fourth-order valence-electron chi connectivity index (χ4n) is 2.73. The molecular formula is C22H22Cl2N2O2. The Kier molecular flexibility index (Phi) is 7.54. The highest BCUT2D eigenvalue weighted by atomic mass is 35.5. The third-order valence-electron chi connectivity index (χ3n) is 4.06. The molecule has 3 rings (SSSR count). The Labute approximate surface area is 175 Å². The van der Waals surface area contributed by atoms with Crippen molar-refractivity contribution in [3.8, 4) is 11.5 Å². The molecule has 1 aromatic heterocycles. The van der Waals surface area contributed by atoms with Crippen LogP contribution in [0.15, 0.2) is 60.8 Å². The largest absolute Gasteiger partial charge is 0.490 e. The van der Waals surface area contributed by atoms with E-state index in [1.807, 2.05) is 61.5 Å². The monoisotopic (exact) mass is 416 g/mol. The molecule has 146 valence electrons. The first-order chi connectivity index (χ1) is 13.7. The van der Waals surface area contributed by atoms with Crippen molar-refractivity contribution in [2.45, 2.75) is 26.6 Å². The highest BCUT2D eigenvalue weighted by Crippen LogP contribution is 2.37. The predicted octanol–water partition coefficient (Wildman–Crippen LogP) is 5.66. The van der Waals surface area contributed by atoms with Crippen molar-refractivity contribution in [1.82, 2.24) is 10.3 Å². The second-order valence-electron chi connectivity index (χ2n) is 6.14. The van der Waals surface area contributed by atoms with Crippen LogP contribution in [0, 0.1) is 0 Å². The number of pyridine rings is 1. The number of ether oxygens (including phenoxy) is 2. The number of rotatable bonds is 9. The topological polar surface area (TPSA) is 43.4 Å². The molecule has 0 amide bonds. The molecule has 1 N–H and O–H groups in total. The summed E-state index contributed by atoms with van der Waals surface area (Å²) in [7, 11) is 0. The number of hydrogen-bond acceptors (Lipinski definition) is 4. The van der Waals surface area contributed by atoms with Gasteiger partial charge in [0.05, 0.1) is 17.3 Å². The second kappa shape index (κ2) is 10.3. The molecule has 0 saturated carbocycles. The minimum Gasteiger partial charge on any atom is -0.490 e. The quantitative estimate of drug-likeness (QED) is 0.488. The standard InChI is InChI=1S/C22H22Cl2N2O2/c1-2-27-21-12-16(13-25-14-18-8-5-6-10-26-18)11-20(24)22(21)28-15-17-7-3-4-9-19(17)23/h3-12,25H,2,13-15H2,1H3. The maximum atomic E-state index is 6.49. The van der Waals surface area contributed by atoms with Crippen molar-refractivity contribution < 1.29 is 9.47 Å². The van der Waals surface area contributed by atoms with Gasteiger partial charge in [-0.05, 0) is 42.8 Å². The fourth-order valence-corrected chi connectivity index (χ4v) is 3.21. The molecule has 0 spiro atoms. The van der Waals surface area contributed by atoms with E-state index in [1.165, 1.54) is 0 Å². The lowest BCUT2D eigenvalue weighted by Crippen LogP contribution is -2.14. The Morgan fingerprint density at radius 1 is 0.929 bits per heavy atom. The molecule has 3 aromatic rings. The number of hydrogen-bond donors (Lipinski definition) is 1. The van der Waals surface area contributed by atoms with E-state index in [2.05, 4.69) is 10.3 Å².